The molecule has 218 valence electrons. The first-order chi connectivity index (χ1) is 19.9. The monoisotopic (exact) mass is 559 g/mol. The van der Waals surface area contributed by atoms with Crippen molar-refractivity contribution in [3.63, 3.8) is 0 Å². The summed E-state index contributed by atoms with van der Waals surface area (Å²) in [5.74, 6) is 1.85. The summed E-state index contributed by atoms with van der Waals surface area (Å²) in [6, 6.07) is 18.2. The fourth-order valence-corrected chi connectivity index (χ4v) is 7.01. The molecule has 6 rings (SSSR count). The third-order valence-electron chi connectivity index (χ3n) is 8.50. The van der Waals surface area contributed by atoms with Crippen molar-refractivity contribution in [3.8, 4) is 22.8 Å². The van der Waals surface area contributed by atoms with Gasteiger partial charge in [-0.05, 0) is 86.7 Å². The summed E-state index contributed by atoms with van der Waals surface area (Å²) in [6.07, 6.45) is 3.44. The van der Waals surface area contributed by atoms with E-state index in [1.807, 2.05) is 13.1 Å². The van der Waals surface area contributed by atoms with Gasteiger partial charge >= 0.3 is 0 Å². The van der Waals surface area contributed by atoms with Crippen molar-refractivity contribution in [1.82, 2.24) is 0 Å². The maximum absolute atomic E-state index is 9.14. The molecule has 0 unspecified atom stereocenters. The zero-order chi connectivity index (χ0) is 31.2. The van der Waals surface area contributed by atoms with E-state index in [-0.39, 0.29) is 16.2 Å². The van der Waals surface area contributed by atoms with E-state index in [4.69, 9.17) is 6.11 Å². The van der Waals surface area contributed by atoms with Crippen molar-refractivity contribution in [2.45, 2.75) is 88.5 Å². The summed E-state index contributed by atoms with van der Waals surface area (Å²) >= 11 is 0. The van der Waals surface area contributed by atoms with Gasteiger partial charge < -0.3 is 4.74 Å². The number of benzene rings is 4. The highest BCUT2D eigenvalue weighted by Crippen LogP contribution is 2.53. The fourth-order valence-electron chi connectivity index (χ4n) is 7.01. The van der Waals surface area contributed by atoms with Gasteiger partial charge in [-0.1, -0.05) is 98.7 Å². The second kappa shape index (κ2) is 9.56. The summed E-state index contributed by atoms with van der Waals surface area (Å²) in [4.78, 5) is 0. The van der Waals surface area contributed by atoms with E-state index >= 15 is 0 Å². The van der Waals surface area contributed by atoms with Crippen LogP contribution in [0, 0.1) is 23.2 Å². The summed E-state index contributed by atoms with van der Waals surface area (Å²) in [7, 11) is 2.04. The van der Waals surface area contributed by atoms with Crippen LogP contribution in [0.1, 0.15) is 85.9 Å². The number of nitrogens with zero attached hydrogens (tertiary/aromatic N) is 1. The van der Waals surface area contributed by atoms with Crippen LogP contribution in [0.25, 0.3) is 43.6 Å². The largest absolute Gasteiger partial charge is 0.455 e. The molecule has 0 radical (unpaired) electrons. The molecule has 4 aromatic carbocycles. The molecular weight excluding hydrogens is 510 g/mol. The number of pyridine rings is 1. The molecule has 0 N–H and O–H groups in total. The Balaban J connectivity index is 1.73. The van der Waals surface area contributed by atoms with Crippen molar-refractivity contribution in [2.24, 2.45) is 23.3 Å². The summed E-state index contributed by atoms with van der Waals surface area (Å²) in [5, 5.41) is 7.14. The molecule has 0 bridgehead atoms. The molecule has 1 aliphatic heterocycles. The van der Waals surface area contributed by atoms with Crippen LogP contribution in [0.15, 0.2) is 54.7 Å². The number of fused-ring (bicyclic) bond motifs is 5. The number of hydrogen-bond donors (Lipinski definition) is 0. The first-order valence-electron chi connectivity index (χ1n) is 16.1. The quantitative estimate of drug-likeness (QED) is 0.155. The Morgan fingerprint density at radius 3 is 1.90 bits per heavy atom. The molecule has 1 aliphatic rings. The van der Waals surface area contributed by atoms with Crippen LogP contribution in [-0.4, -0.2) is 0 Å². The molecule has 2 heterocycles. The van der Waals surface area contributed by atoms with E-state index in [0.717, 1.165) is 58.2 Å². The van der Waals surface area contributed by atoms with E-state index in [2.05, 4.69) is 116 Å². The van der Waals surface area contributed by atoms with Gasteiger partial charge in [0.1, 0.15) is 19.9 Å². The van der Waals surface area contributed by atoms with Crippen molar-refractivity contribution >= 4 is 32.3 Å². The Hall–Kier alpha value is -3.39. The molecule has 0 aliphatic carbocycles. The van der Waals surface area contributed by atoms with Gasteiger partial charge in [-0.3, -0.25) is 0 Å². The van der Waals surface area contributed by atoms with Gasteiger partial charge in [0, 0.05) is 17.0 Å². The lowest BCUT2D eigenvalue weighted by atomic mass is 9.80. The van der Waals surface area contributed by atoms with E-state index < -0.39 is 0 Å². The van der Waals surface area contributed by atoms with Gasteiger partial charge in [-0.25, -0.2) is 4.57 Å². The van der Waals surface area contributed by atoms with Crippen LogP contribution in [0.2, 0.25) is 0 Å². The molecule has 0 spiro atoms. The first kappa shape index (κ1) is 27.4. The molecule has 1 aromatic heterocycles. The zero-order valence-corrected chi connectivity index (χ0v) is 27.6. The van der Waals surface area contributed by atoms with Crippen LogP contribution in [-0.2, 0) is 26.3 Å². The number of aromatic nitrogens is 1. The highest BCUT2D eigenvalue weighted by molar-refractivity contribution is 6.16. The minimum atomic E-state index is 0.0747. The van der Waals surface area contributed by atoms with Gasteiger partial charge in [-0.2, -0.15) is 0 Å². The third kappa shape index (κ3) is 5.19. The van der Waals surface area contributed by atoms with Crippen LogP contribution in [0.5, 0.6) is 11.5 Å². The minimum absolute atomic E-state index is 0.0747. The van der Waals surface area contributed by atoms with Crippen molar-refractivity contribution < 1.29 is 10.7 Å². The second-order valence-corrected chi connectivity index (χ2v) is 16.4. The first-order valence-corrected chi connectivity index (χ1v) is 15.6. The van der Waals surface area contributed by atoms with Gasteiger partial charge in [0.25, 0.3) is 0 Å². The predicted molar refractivity (Wildman–Crippen MR) is 180 cm³/mol. The number of rotatable bonds is 3. The van der Waals surface area contributed by atoms with Gasteiger partial charge in [0.2, 0.25) is 5.69 Å². The van der Waals surface area contributed by atoms with Gasteiger partial charge in [0.15, 0.2) is 6.17 Å². The summed E-state index contributed by atoms with van der Waals surface area (Å²) in [6.45, 7) is 23.0. The summed E-state index contributed by atoms with van der Waals surface area (Å²) < 4.78 is 18.3. The van der Waals surface area contributed by atoms with Crippen LogP contribution >= 0.6 is 0 Å². The van der Waals surface area contributed by atoms with Crippen molar-refractivity contribution in [3.05, 3.63) is 77.0 Å². The Labute approximate surface area is 254 Å². The van der Waals surface area contributed by atoms with Gasteiger partial charge in [-0.15, -0.1) is 0 Å². The van der Waals surface area contributed by atoms with E-state index in [9.17, 15) is 0 Å². The molecule has 0 atom stereocenters. The normalized spacial score (nSPS) is 13.9. The maximum Gasteiger partial charge on any atom is 0.228 e. The highest BCUT2D eigenvalue weighted by Gasteiger charge is 2.34. The number of hydrogen-bond acceptors (Lipinski definition) is 1. The lowest BCUT2D eigenvalue weighted by Gasteiger charge is -2.29. The Morgan fingerprint density at radius 1 is 0.690 bits per heavy atom. The van der Waals surface area contributed by atoms with Crippen LogP contribution < -0.4 is 9.30 Å². The van der Waals surface area contributed by atoms with Crippen LogP contribution in [0.3, 0.4) is 0 Å². The molecule has 0 amide bonds. The highest BCUT2D eigenvalue weighted by atomic mass is 16.5. The average molecular weight is 560 g/mol. The van der Waals surface area contributed by atoms with Gasteiger partial charge in [0.05, 0.1) is 10.9 Å². The van der Waals surface area contributed by atoms with E-state index in [0.29, 0.717) is 6.17 Å². The molecule has 2 heteroatoms. The molecule has 0 saturated heterocycles. The Bertz CT molecular complexity index is 1940. The average Bonchev–Trinajstić information content (AvgIpc) is 2.86. The molecule has 5 aromatic rings. The molecule has 2 nitrogen and oxygen atoms in total. The van der Waals surface area contributed by atoms with E-state index in [1.165, 1.54) is 38.4 Å². The lowest BCUT2D eigenvalue weighted by Crippen LogP contribution is -2.32. The smallest absolute Gasteiger partial charge is 0.228 e. The summed E-state index contributed by atoms with van der Waals surface area (Å²) in [5.41, 5.74) is 7.90. The number of aryl methyl sites for hydroxylation is 1. The lowest BCUT2D eigenvalue weighted by molar-refractivity contribution is -0.659. The Morgan fingerprint density at radius 2 is 1.29 bits per heavy atom. The standard InChI is InChI=1S/C40H48NO/c1-24-30-18-26(22-39(5,6)7)13-15-28(30)32(23-40(8,9)10)37-34(24)36-35-29(16-17-41(36)11)31-19-25(21-38(2,3)4)12-14-27(31)20-33(35)42-37/h12-20H,21-23H2,1-11H3/q+1/i17D. The van der Waals surface area contributed by atoms with Crippen molar-refractivity contribution in [2.75, 3.05) is 0 Å². The SMILES string of the molecule is [2H]c1cc2c3c(cc4ccc(CC(C)(C)C)cc42)Oc2c(c(C)c4cc(CC(C)(C)C)ccc4c2CC(C)(C)C)-c3[n+]1C. The topological polar surface area (TPSA) is 13.1 Å². The second-order valence-electron chi connectivity index (χ2n) is 16.4. The molecular formula is C40H48NO+. The molecule has 0 saturated carbocycles. The van der Waals surface area contributed by atoms with Crippen LogP contribution in [0.4, 0.5) is 0 Å². The minimum Gasteiger partial charge on any atom is -0.455 e. The number of ether oxygens (including phenoxy) is 1. The zero-order valence-electron chi connectivity index (χ0n) is 28.6. The fraction of sp³-hybridized carbons (Fsp3) is 0.425. The van der Waals surface area contributed by atoms with Crippen molar-refractivity contribution in [1.29, 1.82) is 0 Å². The third-order valence-corrected chi connectivity index (χ3v) is 8.50. The van der Waals surface area contributed by atoms with E-state index in [1.54, 1.807) is 0 Å². The maximum atomic E-state index is 9.14. The molecule has 0 fully saturated rings. The Kier molecular flexibility index (Phi) is 6.25. The predicted octanol–water partition coefficient (Wildman–Crippen LogP) is 10.8. The molecule has 42 heavy (non-hydrogen) atoms.